The molecule has 2 amide bonds. The Balaban J connectivity index is 1.96. The van der Waals surface area contributed by atoms with Crippen LogP contribution < -0.4 is 5.32 Å². The number of Topliss-reactive ketones (excluding diaryl/α,β-unsaturated/α-hetero) is 1. The van der Waals surface area contributed by atoms with Crippen LogP contribution in [0.4, 0.5) is 4.79 Å². The van der Waals surface area contributed by atoms with Gasteiger partial charge in [0.2, 0.25) is 12.2 Å². The van der Waals surface area contributed by atoms with Crippen molar-refractivity contribution >= 4 is 30.0 Å². The lowest BCUT2D eigenvalue weighted by Gasteiger charge is -2.36. The summed E-state index contributed by atoms with van der Waals surface area (Å²) in [4.78, 5) is 38.5. The molecule has 1 aromatic rings. The molecule has 1 aromatic heterocycles. The van der Waals surface area contributed by atoms with Crippen molar-refractivity contribution in [2.45, 2.75) is 96.1 Å². The fourth-order valence-corrected chi connectivity index (χ4v) is 4.33. The summed E-state index contributed by atoms with van der Waals surface area (Å²) in [6.07, 6.45) is 5.97. The summed E-state index contributed by atoms with van der Waals surface area (Å²) in [5.74, 6) is 0.307. The third-order valence-electron chi connectivity index (χ3n) is 5.09. The van der Waals surface area contributed by atoms with Crippen molar-refractivity contribution in [1.82, 2.24) is 20.4 Å². The van der Waals surface area contributed by atoms with E-state index >= 15 is 0 Å². The molecule has 0 radical (unpaired) electrons. The number of nitrogens with zero attached hydrogens (tertiary/aromatic N) is 3. The second-order valence-corrected chi connectivity index (χ2v) is 10.6. The number of carbonyl (C=O) groups is 3. The molecule has 1 heterocycles. The van der Waals surface area contributed by atoms with Gasteiger partial charge in [-0.25, -0.2) is 4.79 Å². The Morgan fingerprint density at radius 1 is 1.25 bits per heavy atom. The van der Waals surface area contributed by atoms with E-state index in [4.69, 9.17) is 9.15 Å². The van der Waals surface area contributed by atoms with E-state index in [0.29, 0.717) is 18.7 Å². The van der Waals surface area contributed by atoms with Gasteiger partial charge in [0.15, 0.2) is 0 Å². The molecule has 1 aliphatic carbocycles. The van der Waals surface area contributed by atoms with E-state index in [1.807, 2.05) is 13.8 Å². The molecule has 1 atom stereocenters. The quantitative estimate of drug-likeness (QED) is 0.224. The molecule has 32 heavy (non-hydrogen) atoms. The Morgan fingerprint density at radius 3 is 2.53 bits per heavy atom. The van der Waals surface area contributed by atoms with Crippen molar-refractivity contribution in [3.63, 3.8) is 0 Å². The highest BCUT2D eigenvalue weighted by molar-refractivity contribution is 7.99. The second kappa shape index (κ2) is 12.2. The van der Waals surface area contributed by atoms with Gasteiger partial charge in [0.05, 0.1) is 0 Å². The lowest BCUT2D eigenvalue weighted by molar-refractivity contribution is -0.122. The molecule has 0 unspecified atom stereocenters. The van der Waals surface area contributed by atoms with E-state index in [2.05, 4.69) is 15.5 Å². The Morgan fingerprint density at radius 2 is 1.94 bits per heavy atom. The highest BCUT2D eigenvalue weighted by Crippen LogP contribution is 2.27. The van der Waals surface area contributed by atoms with Gasteiger partial charge in [-0.15, -0.1) is 10.2 Å². The molecule has 0 bridgehead atoms. The molecule has 0 saturated heterocycles. The standard InChI is InChI=1S/C22H36N4O5S/c1-15(2)13-17(26(14-27)16-9-7-6-8-10-16)18(28)19-24-25-21(30-19)32-12-11-23-20(29)31-22(3,4)5/h14-17H,6-13H2,1-5H3,(H,23,29)/t17-/m0/s1. The van der Waals surface area contributed by atoms with Crippen molar-refractivity contribution in [3.8, 4) is 0 Å². The fourth-order valence-electron chi connectivity index (χ4n) is 3.72. The Kier molecular flexibility index (Phi) is 9.99. The fraction of sp³-hybridized carbons (Fsp3) is 0.773. The lowest BCUT2D eigenvalue weighted by atomic mass is 9.91. The van der Waals surface area contributed by atoms with Crippen molar-refractivity contribution in [2.24, 2.45) is 5.92 Å². The number of hydrogen-bond acceptors (Lipinski definition) is 8. The molecule has 10 heteroatoms. The monoisotopic (exact) mass is 468 g/mol. The molecule has 180 valence electrons. The zero-order valence-corrected chi connectivity index (χ0v) is 20.6. The summed E-state index contributed by atoms with van der Waals surface area (Å²) in [7, 11) is 0. The zero-order chi connectivity index (χ0) is 23.7. The molecule has 0 aliphatic heterocycles. The van der Waals surface area contributed by atoms with Gasteiger partial charge in [-0.3, -0.25) is 9.59 Å². The predicted molar refractivity (Wildman–Crippen MR) is 122 cm³/mol. The van der Waals surface area contributed by atoms with E-state index in [9.17, 15) is 14.4 Å². The maximum Gasteiger partial charge on any atom is 0.407 e. The number of ketones is 1. The average Bonchev–Trinajstić information content (AvgIpc) is 3.19. The minimum atomic E-state index is -0.609. The summed E-state index contributed by atoms with van der Waals surface area (Å²) in [6.45, 7) is 9.79. The number of carbonyl (C=O) groups excluding carboxylic acids is 3. The van der Waals surface area contributed by atoms with Gasteiger partial charge in [-0.2, -0.15) is 0 Å². The number of amides is 2. The molecule has 1 aliphatic rings. The van der Waals surface area contributed by atoms with Gasteiger partial charge in [0, 0.05) is 18.3 Å². The van der Waals surface area contributed by atoms with Gasteiger partial charge < -0.3 is 19.4 Å². The Bertz CT molecular complexity index is 756. The van der Waals surface area contributed by atoms with E-state index in [1.54, 1.807) is 25.7 Å². The molecule has 1 N–H and O–H groups in total. The summed E-state index contributed by atoms with van der Waals surface area (Å²) in [6, 6.07) is -0.535. The first-order chi connectivity index (χ1) is 15.1. The Hall–Kier alpha value is -2.10. The van der Waals surface area contributed by atoms with Gasteiger partial charge in [-0.1, -0.05) is 44.9 Å². The normalized spacial score (nSPS) is 15.9. The van der Waals surface area contributed by atoms with Crippen LogP contribution >= 0.6 is 11.8 Å². The van der Waals surface area contributed by atoms with Crippen LogP contribution in [0.5, 0.6) is 0 Å². The highest BCUT2D eigenvalue weighted by atomic mass is 32.2. The molecule has 9 nitrogen and oxygen atoms in total. The van der Waals surface area contributed by atoms with Crippen LogP contribution in [0.3, 0.4) is 0 Å². The van der Waals surface area contributed by atoms with Crippen LogP contribution in [0.15, 0.2) is 9.64 Å². The number of hydrogen-bond donors (Lipinski definition) is 1. The number of rotatable bonds is 11. The van der Waals surface area contributed by atoms with Gasteiger partial charge >= 0.3 is 6.09 Å². The first-order valence-corrected chi connectivity index (χ1v) is 12.3. The first-order valence-electron chi connectivity index (χ1n) is 11.3. The van der Waals surface area contributed by atoms with Crippen LogP contribution in [0.25, 0.3) is 0 Å². The second-order valence-electron chi connectivity index (χ2n) is 9.50. The number of aromatic nitrogens is 2. The van der Waals surface area contributed by atoms with Crippen molar-refractivity contribution in [1.29, 1.82) is 0 Å². The van der Waals surface area contributed by atoms with Crippen molar-refractivity contribution < 1.29 is 23.5 Å². The maximum absolute atomic E-state index is 13.2. The molecule has 0 spiro atoms. The maximum atomic E-state index is 13.2. The number of nitrogens with one attached hydrogen (secondary N) is 1. The summed E-state index contributed by atoms with van der Waals surface area (Å²) in [5, 5.41) is 10.8. The molecule has 1 fully saturated rings. The molecule has 1 saturated carbocycles. The summed E-state index contributed by atoms with van der Waals surface area (Å²) < 4.78 is 10.8. The Labute approximate surface area is 194 Å². The van der Waals surface area contributed by atoms with E-state index in [-0.39, 0.29) is 28.9 Å². The van der Waals surface area contributed by atoms with Crippen molar-refractivity contribution in [2.75, 3.05) is 12.3 Å². The summed E-state index contributed by atoms with van der Waals surface area (Å²) >= 11 is 1.24. The molecular weight excluding hydrogens is 432 g/mol. The topological polar surface area (TPSA) is 115 Å². The first kappa shape index (κ1) is 26.2. The van der Waals surface area contributed by atoms with Crippen LogP contribution in [-0.2, 0) is 9.53 Å². The minimum Gasteiger partial charge on any atom is -0.444 e. The molecule has 0 aromatic carbocycles. The highest BCUT2D eigenvalue weighted by Gasteiger charge is 2.35. The van der Waals surface area contributed by atoms with Crippen molar-refractivity contribution in [3.05, 3.63) is 5.89 Å². The summed E-state index contributed by atoms with van der Waals surface area (Å²) in [5.41, 5.74) is -0.557. The van der Waals surface area contributed by atoms with E-state index in [0.717, 1.165) is 32.1 Å². The smallest absolute Gasteiger partial charge is 0.407 e. The van der Waals surface area contributed by atoms with Gasteiger partial charge in [-0.05, 0) is 46.0 Å². The van der Waals surface area contributed by atoms with Gasteiger partial charge in [0.25, 0.3) is 11.1 Å². The zero-order valence-electron chi connectivity index (χ0n) is 19.8. The van der Waals surface area contributed by atoms with Crippen LogP contribution in [0, 0.1) is 5.92 Å². The minimum absolute atomic E-state index is 0.0737. The van der Waals surface area contributed by atoms with Crippen LogP contribution in [0.1, 0.15) is 83.8 Å². The third-order valence-corrected chi connectivity index (χ3v) is 5.91. The van der Waals surface area contributed by atoms with Crippen LogP contribution in [-0.4, -0.2) is 63.4 Å². The van der Waals surface area contributed by atoms with E-state index < -0.39 is 17.7 Å². The van der Waals surface area contributed by atoms with E-state index in [1.165, 1.54) is 18.2 Å². The lowest BCUT2D eigenvalue weighted by Crippen LogP contribution is -2.48. The SMILES string of the molecule is CC(C)C[C@@H](C(=O)c1nnc(SCCNC(=O)OC(C)(C)C)o1)N(C=O)C1CCCCC1. The largest absolute Gasteiger partial charge is 0.444 e. The average molecular weight is 469 g/mol. The number of ether oxygens (including phenoxy) is 1. The molecular formula is C22H36N4O5S. The van der Waals surface area contributed by atoms with Crippen LogP contribution in [0.2, 0.25) is 0 Å². The third kappa shape index (κ3) is 8.44. The van der Waals surface area contributed by atoms with Gasteiger partial charge in [0.1, 0.15) is 11.6 Å². The number of alkyl carbamates (subject to hydrolysis) is 1. The molecule has 2 rings (SSSR count). The predicted octanol–water partition coefficient (Wildman–Crippen LogP) is 4.07. The number of thioether (sulfide) groups is 1.